The van der Waals surface area contributed by atoms with Crippen molar-refractivity contribution in [3.05, 3.63) is 29.6 Å². The number of benzene rings is 1. The summed E-state index contributed by atoms with van der Waals surface area (Å²) in [4.78, 5) is 4.45. The molecule has 2 rings (SSSR count). The van der Waals surface area contributed by atoms with Crippen molar-refractivity contribution in [3.8, 4) is 0 Å². The average Bonchev–Trinajstić information content (AvgIpc) is 2.55. The van der Waals surface area contributed by atoms with Crippen LogP contribution in [-0.4, -0.2) is 14.7 Å². The maximum absolute atomic E-state index is 9.99. The van der Waals surface area contributed by atoms with Gasteiger partial charge in [0.05, 0.1) is 11.0 Å². The molecule has 4 nitrogen and oxygen atoms in total. The zero-order chi connectivity index (χ0) is 11.9. The third-order valence-corrected chi connectivity index (χ3v) is 2.73. The first-order valence-corrected chi connectivity index (χ1v) is 5.32. The molecule has 0 unspecified atom stereocenters. The van der Waals surface area contributed by atoms with Crippen LogP contribution in [0.5, 0.6) is 0 Å². The minimum atomic E-state index is -0.934. The highest BCUT2D eigenvalue weighted by atomic mass is 16.3. The second-order valence-corrected chi connectivity index (χ2v) is 4.58. The van der Waals surface area contributed by atoms with Crippen molar-refractivity contribution >= 4 is 11.0 Å². The number of nitrogens with zero attached hydrogens (tertiary/aromatic N) is 2. The van der Waals surface area contributed by atoms with Crippen molar-refractivity contribution in [3.63, 3.8) is 0 Å². The van der Waals surface area contributed by atoms with Gasteiger partial charge in [-0.3, -0.25) is 0 Å². The maximum atomic E-state index is 9.99. The zero-order valence-corrected chi connectivity index (χ0v) is 9.86. The molecule has 0 aliphatic carbocycles. The molecule has 2 aromatic rings. The van der Waals surface area contributed by atoms with E-state index in [1.54, 1.807) is 13.8 Å². The molecular weight excluding hydrogens is 202 g/mol. The number of rotatable bonds is 2. The lowest BCUT2D eigenvalue weighted by Crippen LogP contribution is -2.20. The second kappa shape index (κ2) is 3.57. The number of aryl methyl sites for hydroxylation is 1. The van der Waals surface area contributed by atoms with Crippen molar-refractivity contribution < 1.29 is 5.11 Å². The average molecular weight is 219 g/mol. The van der Waals surface area contributed by atoms with Gasteiger partial charge < -0.3 is 15.4 Å². The van der Waals surface area contributed by atoms with Crippen LogP contribution in [-0.2, 0) is 19.2 Å². The standard InChI is InChI=1S/C12H17N3O/c1-12(2,16)11-14-9-6-8(7-13)4-5-10(9)15(11)3/h4-6,16H,7,13H2,1-3H3. The molecule has 0 amide bonds. The Balaban J connectivity index is 2.68. The van der Waals surface area contributed by atoms with E-state index in [1.165, 1.54) is 0 Å². The number of aliphatic hydroxyl groups is 1. The van der Waals surface area contributed by atoms with E-state index in [0.29, 0.717) is 12.4 Å². The second-order valence-electron chi connectivity index (χ2n) is 4.58. The molecule has 0 fully saturated rings. The number of imidazole rings is 1. The molecule has 16 heavy (non-hydrogen) atoms. The van der Waals surface area contributed by atoms with Gasteiger partial charge in [-0.15, -0.1) is 0 Å². The quantitative estimate of drug-likeness (QED) is 0.799. The van der Waals surface area contributed by atoms with Crippen LogP contribution in [0.1, 0.15) is 25.2 Å². The van der Waals surface area contributed by atoms with E-state index < -0.39 is 5.60 Å². The van der Waals surface area contributed by atoms with Crippen LogP contribution in [0.25, 0.3) is 11.0 Å². The summed E-state index contributed by atoms with van der Waals surface area (Å²) in [5, 5.41) is 9.99. The lowest BCUT2D eigenvalue weighted by atomic mass is 10.1. The minimum absolute atomic E-state index is 0.504. The molecule has 86 valence electrons. The molecule has 0 spiro atoms. The molecule has 0 atom stereocenters. The van der Waals surface area contributed by atoms with Crippen molar-refractivity contribution in [2.45, 2.75) is 26.0 Å². The van der Waals surface area contributed by atoms with Crippen molar-refractivity contribution in [1.29, 1.82) is 0 Å². The van der Waals surface area contributed by atoms with E-state index in [4.69, 9.17) is 5.73 Å². The van der Waals surface area contributed by atoms with Gasteiger partial charge in [0.2, 0.25) is 0 Å². The summed E-state index contributed by atoms with van der Waals surface area (Å²) in [6.45, 7) is 3.97. The van der Waals surface area contributed by atoms with E-state index in [-0.39, 0.29) is 0 Å². The normalized spacial score (nSPS) is 12.3. The zero-order valence-electron chi connectivity index (χ0n) is 9.86. The summed E-state index contributed by atoms with van der Waals surface area (Å²) in [5.41, 5.74) is 7.59. The van der Waals surface area contributed by atoms with Gasteiger partial charge in [0.25, 0.3) is 0 Å². The number of hydrogen-bond donors (Lipinski definition) is 2. The Morgan fingerprint density at radius 2 is 2.12 bits per heavy atom. The van der Waals surface area contributed by atoms with E-state index >= 15 is 0 Å². The van der Waals surface area contributed by atoms with Crippen LogP contribution in [0.3, 0.4) is 0 Å². The van der Waals surface area contributed by atoms with Gasteiger partial charge in [-0.1, -0.05) is 6.07 Å². The summed E-state index contributed by atoms with van der Waals surface area (Å²) in [6, 6.07) is 5.93. The Morgan fingerprint density at radius 1 is 1.44 bits per heavy atom. The molecule has 0 bridgehead atoms. The summed E-state index contributed by atoms with van der Waals surface area (Å²) >= 11 is 0. The van der Waals surface area contributed by atoms with Gasteiger partial charge in [-0.05, 0) is 31.5 Å². The highest BCUT2D eigenvalue weighted by molar-refractivity contribution is 5.77. The lowest BCUT2D eigenvalue weighted by Gasteiger charge is -2.16. The summed E-state index contributed by atoms with van der Waals surface area (Å²) < 4.78 is 1.91. The number of nitrogens with two attached hydrogens (primary N) is 1. The molecule has 0 aliphatic heterocycles. The number of fused-ring (bicyclic) bond motifs is 1. The summed E-state index contributed by atoms with van der Waals surface area (Å²) in [6.07, 6.45) is 0. The minimum Gasteiger partial charge on any atom is -0.383 e. The van der Waals surface area contributed by atoms with E-state index in [9.17, 15) is 5.11 Å². The SMILES string of the molecule is Cn1c(C(C)(C)O)nc2cc(CN)ccc21. The van der Waals surface area contributed by atoms with E-state index in [1.807, 2.05) is 29.8 Å². The highest BCUT2D eigenvalue weighted by Gasteiger charge is 2.23. The van der Waals surface area contributed by atoms with Gasteiger partial charge >= 0.3 is 0 Å². The molecule has 4 heteroatoms. The summed E-state index contributed by atoms with van der Waals surface area (Å²) in [7, 11) is 1.91. The highest BCUT2D eigenvalue weighted by Crippen LogP contribution is 2.24. The van der Waals surface area contributed by atoms with Crippen LogP contribution in [0, 0.1) is 0 Å². The van der Waals surface area contributed by atoms with E-state index in [2.05, 4.69) is 4.98 Å². The van der Waals surface area contributed by atoms with Gasteiger partial charge in [0.1, 0.15) is 11.4 Å². The third-order valence-electron chi connectivity index (χ3n) is 2.73. The van der Waals surface area contributed by atoms with Crippen LogP contribution in [0.15, 0.2) is 18.2 Å². The van der Waals surface area contributed by atoms with Crippen molar-refractivity contribution in [2.24, 2.45) is 12.8 Å². The van der Waals surface area contributed by atoms with Crippen molar-refractivity contribution in [2.75, 3.05) is 0 Å². The predicted molar refractivity (Wildman–Crippen MR) is 63.9 cm³/mol. The Bertz CT molecular complexity index is 523. The van der Waals surface area contributed by atoms with Crippen LogP contribution in [0.2, 0.25) is 0 Å². The van der Waals surface area contributed by atoms with Crippen LogP contribution >= 0.6 is 0 Å². The first kappa shape index (κ1) is 11.1. The first-order chi connectivity index (χ1) is 7.43. The van der Waals surface area contributed by atoms with Crippen LogP contribution < -0.4 is 5.73 Å². The topological polar surface area (TPSA) is 64.1 Å². The lowest BCUT2D eigenvalue weighted by molar-refractivity contribution is 0.0663. The number of hydrogen-bond acceptors (Lipinski definition) is 3. The third kappa shape index (κ3) is 1.70. The van der Waals surface area contributed by atoms with Gasteiger partial charge in [0, 0.05) is 13.6 Å². The Kier molecular flexibility index (Phi) is 2.48. The molecule has 1 aromatic carbocycles. The molecule has 1 aromatic heterocycles. The fourth-order valence-corrected chi connectivity index (χ4v) is 1.92. The fraction of sp³-hybridized carbons (Fsp3) is 0.417. The van der Waals surface area contributed by atoms with Crippen molar-refractivity contribution in [1.82, 2.24) is 9.55 Å². The molecule has 0 saturated carbocycles. The Hall–Kier alpha value is -1.39. The van der Waals surface area contributed by atoms with Gasteiger partial charge in [0.15, 0.2) is 0 Å². The van der Waals surface area contributed by atoms with Gasteiger partial charge in [-0.2, -0.15) is 0 Å². The largest absolute Gasteiger partial charge is 0.383 e. The monoisotopic (exact) mass is 219 g/mol. The van der Waals surface area contributed by atoms with Gasteiger partial charge in [-0.25, -0.2) is 4.98 Å². The molecule has 1 heterocycles. The van der Waals surface area contributed by atoms with Crippen LogP contribution in [0.4, 0.5) is 0 Å². The Morgan fingerprint density at radius 3 is 2.69 bits per heavy atom. The predicted octanol–water partition coefficient (Wildman–Crippen LogP) is 1.26. The smallest absolute Gasteiger partial charge is 0.141 e. The maximum Gasteiger partial charge on any atom is 0.141 e. The molecular formula is C12H17N3O. The molecule has 0 aliphatic rings. The first-order valence-electron chi connectivity index (χ1n) is 5.32. The number of aromatic nitrogens is 2. The summed E-state index contributed by atoms with van der Waals surface area (Å²) in [5.74, 6) is 0.664. The Labute approximate surface area is 94.7 Å². The molecule has 0 radical (unpaired) electrons. The fourth-order valence-electron chi connectivity index (χ4n) is 1.92. The molecule has 0 saturated heterocycles. The molecule has 3 N–H and O–H groups in total. The van der Waals surface area contributed by atoms with E-state index in [0.717, 1.165) is 16.6 Å².